The molecule has 0 atom stereocenters. The highest BCUT2D eigenvalue weighted by Crippen LogP contribution is 2.15. The highest BCUT2D eigenvalue weighted by Gasteiger charge is 2.19. The second-order valence-electron chi connectivity index (χ2n) is 4.69. The Balaban J connectivity index is 2.98. The van der Waals surface area contributed by atoms with E-state index >= 15 is 0 Å². The third-order valence-corrected chi connectivity index (χ3v) is 3.09. The first-order valence-corrected chi connectivity index (χ1v) is 6.95. The van der Waals surface area contributed by atoms with Gasteiger partial charge in [0.15, 0.2) is 0 Å². The third kappa shape index (κ3) is 4.48. The smallest absolute Gasteiger partial charge is 0.254 e. The lowest BCUT2D eigenvalue weighted by Crippen LogP contribution is -2.38. The van der Waals surface area contributed by atoms with E-state index in [-0.39, 0.29) is 18.6 Å². The molecule has 0 radical (unpaired) electrons. The van der Waals surface area contributed by atoms with Crippen molar-refractivity contribution in [3.05, 3.63) is 28.5 Å². The molecule has 1 heterocycles. The van der Waals surface area contributed by atoms with E-state index in [0.717, 1.165) is 12.1 Å². The van der Waals surface area contributed by atoms with E-state index in [4.69, 9.17) is 16.7 Å². The fourth-order valence-corrected chi connectivity index (χ4v) is 2.08. The second kappa shape index (κ2) is 7.46. The van der Waals surface area contributed by atoms with Crippen molar-refractivity contribution in [3.63, 3.8) is 0 Å². The average Bonchev–Trinajstić information content (AvgIpc) is 2.37. The summed E-state index contributed by atoms with van der Waals surface area (Å²) < 4.78 is 0. The first-order chi connectivity index (χ1) is 8.99. The molecule has 0 aliphatic rings. The third-order valence-electron chi connectivity index (χ3n) is 2.90. The van der Waals surface area contributed by atoms with Crippen molar-refractivity contribution in [1.29, 1.82) is 0 Å². The van der Waals surface area contributed by atoms with E-state index in [2.05, 4.69) is 4.98 Å². The maximum Gasteiger partial charge on any atom is 0.254 e. The lowest BCUT2D eigenvalue weighted by atomic mass is 10.1. The molecular formula is C14H21ClN2O2. The molecule has 106 valence electrons. The Hall–Kier alpha value is -1.13. The minimum atomic E-state index is -0.0672. The van der Waals surface area contributed by atoms with Crippen LogP contribution in [0.2, 0.25) is 5.15 Å². The summed E-state index contributed by atoms with van der Waals surface area (Å²) in [5.74, 6) is -0.0672. The van der Waals surface area contributed by atoms with Crippen molar-refractivity contribution in [2.45, 2.75) is 39.7 Å². The van der Waals surface area contributed by atoms with Crippen LogP contribution in [0.1, 0.15) is 43.2 Å². The van der Waals surface area contributed by atoms with Gasteiger partial charge in [-0.05, 0) is 38.8 Å². The van der Waals surface area contributed by atoms with Crippen LogP contribution < -0.4 is 0 Å². The quantitative estimate of drug-likeness (QED) is 0.817. The summed E-state index contributed by atoms with van der Waals surface area (Å²) in [6.45, 7) is 6.50. The van der Waals surface area contributed by atoms with Crippen molar-refractivity contribution < 1.29 is 9.90 Å². The number of aromatic nitrogens is 1. The predicted molar refractivity (Wildman–Crippen MR) is 76.5 cm³/mol. The van der Waals surface area contributed by atoms with Gasteiger partial charge >= 0.3 is 0 Å². The zero-order valence-electron chi connectivity index (χ0n) is 11.7. The summed E-state index contributed by atoms with van der Waals surface area (Å²) in [7, 11) is 0. The van der Waals surface area contributed by atoms with Gasteiger partial charge in [0.1, 0.15) is 5.15 Å². The van der Waals surface area contributed by atoms with Gasteiger partial charge in [-0.25, -0.2) is 4.98 Å². The number of halogens is 1. The summed E-state index contributed by atoms with van der Waals surface area (Å²) in [4.78, 5) is 18.4. The minimum absolute atomic E-state index is 0.0672. The number of hydrogen-bond donors (Lipinski definition) is 1. The van der Waals surface area contributed by atoms with Gasteiger partial charge in [-0.1, -0.05) is 18.5 Å². The predicted octanol–water partition coefficient (Wildman–Crippen LogP) is 2.53. The van der Waals surface area contributed by atoms with Gasteiger partial charge in [0.25, 0.3) is 5.91 Å². The first-order valence-electron chi connectivity index (χ1n) is 6.57. The molecule has 0 saturated carbocycles. The van der Waals surface area contributed by atoms with Crippen LogP contribution in [-0.4, -0.2) is 40.1 Å². The maximum atomic E-state index is 12.5. The normalized spacial score (nSPS) is 10.8. The standard InChI is InChI=1S/C14H21ClN2O2/c1-4-12-8-11(9-13(15)16-12)14(19)17(10(2)3)6-5-7-18/h8-10,18H,4-7H2,1-3H3. The van der Waals surface area contributed by atoms with Crippen LogP contribution in [0, 0.1) is 0 Å². The molecule has 4 nitrogen and oxygen atoms in total. The molecular weight excluding hydrogens is 264 g/mol. The largest absolute Gasteiger partial charge is 0.396 e. The number of carbonyl (C=O) groups is 1. The summed E-state index contributed by atoms with van der Waals surface area (Å²) in [6, 6.07) is 3.45. The molecule has 1 N–H and O–H groups in total. The van der Waals surface area contributed by atoms with Crippen LogP contribution in [-0.2, 0) is 6.42 Å². The molecule has 5 heteroatoms. The lowest BCUT2D eigenvalue weighted by Gasteiger charge is -2.26. The average molecular weight is 285 g/mol. The Labute approximate surface area is 119 Å². The topological polar surface area (TPSA) is 53.4 Å². The van der Waals surface area contributed by atoms with E-state index in [1.807, 2.05) is 20.8 Å². The van der Waals surface area contributed by atoms with E-state index in [9.17, 15) is 4.79 Å². The van der Waals surface area contributed by atoms with Gasteiger partial charge < -0.3 is 10.0 Å². The van der Waals surface area contributed by atoms with Crippen LogP contribution in [0.25, 0.3) is 0 Å². The van der Waals surface area contributed by atoms with Gasteiger partial charge in [0.2, 0.25) is 0 Å². The second-order valence-corrected chi connectivity index (χ2v) is 5.08. The molecule has 1 amide bonds. The van der Waals surface area contributed by atoms with E-state index in [0.29, 0.717) is 23.7 Å². The Kier molecular flexibility index (Phi) is 6.25. The molecule has 0 aromatic carbocycles. The summed E-state index contributed by atoms with van der Waals surface area (Å²) >= 11 is 5.94. The molecule has 0 spiro atoms. The Morgan fingerprint density at radius 3 is 2.68 bits per heavy atom. The van der Waals surface area contributed by atoms with Crippen molar-refractivity contribution in [3.8, 4) is 0 Å². The van der Waals surface area contributed by atoms with Crippen LogP contribution in [0.15, 0.2) is 12.1 Å². The van der Waals surface area contributed by atoms with Crippen LogP contribution in [0.3, 0.4) is 0 Å². The molecule has 0 aliphatic carbocycles. The van der Waals surface area contributed by atoms with E-state index in [1.54, 1.807) is 17.0 Å². The van der Waals surface area contributed by atoms with Crippen LogP contribution in [0.4, 0.5) is 0 Å². The Morgan fingerprint density at radius 1 is 1.47 bits per heavy atom. The van der Waals surface area contributed by atoms with Crippen molar-refractivity contribution in [2.24, 2.45) is 0 Å². The molecule has 1 rings (SSSR count). The van der Waals surface area contributed by atoms with Crippen LogP contribution in [0.5, 0.6) is 0 Å². The summed E-state index contributed by atoms with van der Waals surface area (Å²) in [6.07, 6.45) is 1.31. The number of amides is 1. The van der Waals surface area contributed by atoms with E-state index < -0.39 is 0 Å². The van der Waals surface area contributed by atoms with Crippen molar-refractivity contribution >= 4 is 17.5 Å². The van der Waals surface area contributed by atoms with Gasteiger partial charge in [0, 0.05) is 30.5 Å². The number of aliphatic hydroxyl groups excluding tert-OH is 1. The van der Waals surface area contributed by atoms with E-state index in [1.165, 1.54) is 0 Å². The highest BCUT2D eigenvalue weighted by atomic mass is 35.5. The molecule has 1 aromatic rings. The fourth-order valence-electron chi connectivity index (χ4n) is 1.86. The fraction of sp³-hybridized carbons (Fsp3) is 0.571. The molecule has 0 bridgehead atoms. The number of carbonyl (C=O) groups excluding carboxylic acids is 1. The zero-order chi connectivity index (χ0) is 14.4. The molecule has 0 fully saturated rings. The number of hydrogen-bond acceptors (Lipinski definition) is 3. The Morgan fingerprint density at radius 2 is 2.16 bits per heavy atom. The molecule has 0 unspecified atom stereocenters. The van der Waals surface area contributed by atoms with Crippen molar-refractivity contribution in [1.82, 2.24) is 9.88 Å². The lowest BCUT2D eigenvalue weighted by molar-refractivity contribution is 0.0693. The summed E-state index contributed by atoms with van der Waals surface area (Å²) in [5.41, 5.74) is 1.37. The maximum absolute atomic E-state index is 12.5. The van der Waals surface area contributed by atoms with Gasteiger partial charge in [-0.2, -0.15) is 0 Å². The number of nitrogens with zero attached hydrogens (tertiary/aromatic N) is 2. The minimum Gasteiger partial charge on any atom is -0.396 e. The van der Waals surface area contributed by atoms with Gasteiger partial charge in [-0.15, -0.1) is 0 Å². The monoisotopic (exact) mass is 284 g/mol. The van der Waals surface area contributed by atoms with Gasteiger partial charge in [0.05, 0.1) is 0 Å². The number of aryl methyl sites for hydroxylation is 1. The zero-order valence-corrected chi connectivity index (χ0v) is 12.4. The SMILES string of the molecule is CCc1cc(C(=O)N(CCCO)C(C)C)cc(Cl)n1. The number of pyridine rings is 1. The Bertz CT molecular complexity index is 435. The molecule has 19 heavy (non-hydrogen) atoms. The molecule has 1 aromatic heterocycles. The molecule has 0 saturated heterocycles. The van der Waals surface area contributed by atoms with Crippen molar-refractivity contribution in [2.75, 3.05) is 13.2 Å². The first kappa shape index (κ1) is 15.9. The van der Waals surface area contributed by atoms with Crippen LogP contribution >= 0.6 is 11.6 Å². The van der Waals surface area contributed by atoms with Gasteiger partial charge in [-0.3, -0.25) is 4.79 Å². The highest BCUT2D eigenvalue weighted by molar-refractivity contribution is 6.29. The number of aliphatic hydroxyl groups is 1. The summed E-state index contributed by atoms with van der Waals surface area (Å²) in [5, 5.41) is 9.25. The number of rotatable bonds is 6. The molecule has 0 aliphatic heterocycles.